The summed E-state index contributed by atoms with van der Waals surface area (Å²) in [6.07, 6.45) is 1.03. The van der Waals surface area contributed by atoms with Crippen molar-refractivity contribution in [1.82, 2.24) is 30.0 Å². The summed E-state index contributed by atoms with van der Waals surface area (Å²) in [6.45, 7) is 13.0. The largest absolute Gasteiger partial charge is 0.356 e. The van der Waals surface area contributed by atoms with Crippen LogP contribution in [-0.4, -0.2) is 85.2 Å². The Morgan fingerprint density at radius 1 is 1.17 bits per heavy atom. The molecule has 1 saturated heterocycles. The van der Waals surface area contributed by atoms with Gasteiger partial charge in [-0.05, 0) is 38.4 Å². The van der Waals surface area contributed by atoms with Crippen LogP contribution in [0.3, 0.4) is 0 Å². The first-order valence-electron chi connectivity index (χ1n) is 10.8. The van der Waals surface area contributed by atoms with E-state index in [2.05, 4.69) is 74.1 Å². The average Bonchev–Trinajstić information content (AvgIpc) is 3.04. The molecule has 2 N–H and O–H groups in total. The van der Waals surface area contributed by atoms with E-state index in [1.807, 2.05) is 13.1 Å². The fraction of sp³-hybridized carbons (Fsp3) is 0.636. The normalized spacial score (nSPS) is 17.0. The minimum atomic E-state index is 0. The van der Waals surface area contributed by atoms with Gasteiger partial charge in [-0.2, -0.15) is 0 Å². The summed E-state index contributed by atoms with van der Waals surface area (Å²) in [5.74, 6) is 2.56. The van der Waals surface area contributed by atoms with Gasteiger partial charge in [0.15, 0.2) is 5.96 Å². The van der Waals surface area contributed by atoms with Crippen molar-refractivity contribution in [3.05, 3.63) is 30.1 Å². The van der Waals surface area contributed by atoms with Crippen LogP contribution in [0.5, 0.6) is 0 Å². The van der Waals surface area contributed by atoms with Crippen molar-refractivity contribution in [2.24, 2.45) is 10.9 Å². The SMILES string of the molecule is CN=C(NCCCn1c(C)nc2ccccc21)NCC(C)CN1CCN(C)CC1.I. The molecule has 30 heavy (non-hydrogen) atoms. The van der Waals surface area contributed by atoms with E-state index >= 15 is 0 Å². The van der Waals surface area contributed by atoms with E-state index in [0.717, 1.165) is 49.9 Å². The Kier molecular flexibility index (Phi) is 10.3. The standard InChI is InChI=1S/C22H37N7.HI/c1-18(17-28-14-12-27(4)13-15-28)16-25-22(23-3)24-10-7-11-29-19(2)26-20-8-5-6-9-21(20)29;/h5-6,8-9,18H,7,10-17H2,1-4H3,(H2,23,24,25);1H. The number of hydrogen-bond donors (Lipinski definition) is 2. The monoisotopic (exact) mass is 527 g/mol. The van der Waals surface area contributed by atoms with Gasteiger partial charge < -0.3 is 25.0 Å². The molecule has 1 aromatic carbocycles. The Balaban J connectivity index is 0.00000320. The number of piperazine rings is 1. The number of para-hydroxylation sites is 2. The molecule has 0 aliphatic carbocycles. The molecule has 7 nitrogen and oxygen atoms in total. The summed E-state index contributed by atoms with van der Waals surface area (Å²) in [7, 11) is 4.04. The Bertz CT molecular complexity index is 796. The molecule has 1 unspecified atom stereocenters. The zero-order chi connectivity index (χ0) is 20.6. The van der Waals surface area contributed by atoms with Gasteiger partial charge >= 0.3 is 0 Å². The molecule has 2 aromatic rings. The lowest BCUT2D eigenvalue weighted by molar-refractivity contribution is 0.139. The maximum Gasteiger partial charge on any atom is 0.190 e. The van der Waals surface area contributed by atoms with Gasteiger partial charge in [-0.3, -0.25) is 4.99 Å². The van der Waals surface area contributed by atoms with Crippen LogP contribution in [0.25, 0.3) is 11.0 Å². The highest BCUT2D eigenvalue weighted by Gasteiger charge is 2.16. The van der Waals surface area contributed by atoms with Crippen LogP contribution >= 0.6 is 24.0 Å². The Morgan fingerprint density at radius 3 is 2.63 bits per heavy atom. The van der Waals surface area contributed by atoms with E-state index in [9.17, 15) is 0 Å². The Morgan fingerprint density at radius 2 is 1.90 bits per heavy atom. The van der Waals surface area contributed by atoms with E-state index in [1.165, 1.54) is 31.7 Å². The van der Waals surface area contributed by atoms with Crippen LogP contribution in [0.2, 0.25) is 0 Å². The first kappa shape index (κ1) is 24.9. The summed E-state index contributed by atoms with van der Waals surface area (Å²) in [5, 5.41) is 6.93. The van der Waals surface area contributed by atoms with Gasteiger partial charge in [-0.15, -0.1) is 24.0 Å². The van der Waals surface area contributed by atoms with Gasteiger partial charge in [-0.25, -0.2) is 4.98 Å². The highest BCUT2D eigenvalue weighted by Crippen LogP contribution is 2.15. The van der Waals surface area contributed by atoms with Gasteiger partial charge in [0, 0.05) is 59.4 Å². The van der Waals surface area contributed by atoms with Gasteiger partial charge in [0.05, 0.1) is 11.0 Å². The summed E-state index contributed by atoms with van der Waals surface area (Å²) in [6, 6.07) is 8.34. The van der Waals surface area contributed by atoms with E-state index in [-0.39, 0.29) is 24.0 Å². The van der Waals surface area contributed by atoms with Crippen molar-refractivity contribution in [3.63, 3.8) is 0 Å². The molecule has 1 fully saturated rings. The van der Waals surface area contributed by atoms with Gasteiger partial charge in [0.1, 0.15) is 5.82 Å². The summed E-state index contributed by atoms with van der Waals surface area (Å²) in [4.78, 5) is 14.0. The molecule has 1 atom stereocenters. The molecule has 0 amide bonds. The number of aliphatic imine (C=N–C) groups is 1. The van der Waals surface area contributed by atoms with Crippen molar-refractivity contribution in [1.29, 1.82) is 0 Å². The van der Waals surface area contributed by atoms with Crippen LogP contribution in [0.1, 0.15) is 19.2 Å². The molecule has 1 aromatic heterocycles. The summed E-state index contributed by atoms with van der Waals surface area (Å²) in [5.41, 5.74) is 2.29. The molecule has 8 heteroatoms. The molecular formula is C22H38IN7. The maximum atomic E-state index is 4.64. The number of nitrogens with zero attached hydrogens (tertiary/aromatic N) is 5. The zero-order valence-corrected chi connectivity index (χ0v) is 21.2. The smallest absolute Gasteiger partial charge is 0.190 e. The van der Waals surface area contributed by atoms with Crippen LogP contribution in [0, 0.1) is 12.8 Å². The topological polar surface area (TPSA) is 60.7 Å². The highest BCUT2D eigenvalue weighted by atomic mass is 127. The number of aromatic nitrogens is 2. The quantitative estimate of drug-likeness (QED) is 0.239. The predicted molar refractivity (Wildman–Crippen MR) is 137 cm³/mol. The lowest BCUT2D eigenvalue weighted by Crippen LogP contribution is -2.47. The number of imidazole rings is 1. The van der Waals surface area contributed by atoms with Crippen molar-refractivity contribution >= 4 is 41.0 Å². The lowest BCUT2D eigenvalue weighted by atomic mass is 10.1. The van der Waals surface area contributed by atoms with Crippen molar-refractivity contribution in [2.75, 3.05) is 59.9 Å². The Hall–Kier alpha value is -1.39. The lowest BCUT2D eigenvalue weighted by Gasteiger charge is -2.34. The molecule has 0 bridgehead atoms. The van der Waals surface area contributed by atoms with Crippen LogP contribution in [0.4, 0.5) is 0 Å². The molecule has 1 aliphatic rings. The van der Waals surface area contributed by atoms with Gasteiger partial charge in [-0.1, -0.05) is 19.1 Å². The first-order valence-corrected chi connectivity index (χ1v) is 10.8. The third-order valence-electron chi connectivity index (χ3n) is 5.70. The molecule has 168 valence electrons. The summed E-state index contributed by atoms with van der Waals surface area (Å²) >= 11 is 0. The molecule has 0 saturated carbocycles. The molecule has 2 heterocycles. The number of aryl methyl sites for hydroxylation is 2. The molecule has 0 spiro atoms. The van der Waals surface area contributed by atoms with Gasteiger partial charge in [0.2, 0.25) is 0 Å². The van der Waals surface area contributed by atoms with Crippen LogP contribution in [0.15, 0.2) is 29.3 Å². The molecular weight excluding hydrogens is 489 g/mol. The number of hydrogen-bond acceptors (Lipinski definition) is 4. The number of halogens is 1. The van der Waals surface area contributed by atoms with Crippen LogP contribution < -0.4 is 10.6 Å². The van der Waals surface area contributed by atoms with E-state index < -0.39 is 0 Å². The third kappa shape index (κ3) is 7.09. The van der Waals surface area contributed by atoms with Crippen molar-refractivity contribution in [3.8, 4) is 0 Å². The predicted octanol–water partition coefficient (Wildman–Crippen LogP) is 2.40. The van der Waals surface area contributed by atoms with Gasteiger partial charge in [0.25, 0.3) is 0 Å². The maximum absolute atomic E-state index is 4.64. The van der Waals surface area contributed by atoms with Crippen LogP contribution in [-0.2, 0) is 6.54 Å². The number of rotatable bonds is 8. The third-order valence-corrected chi connectivity index (χ3v) is 5.70. The number of benzene rings is 1. The zero-order valence-electron chi connectivity index (χ0n) is 18.9. The molecule has 3 rings (SSSR count). The highest BCUT2D eigenvalue weighted by molar-refractivity contribution is 14.0. The number of guanidine groups is 1. The first-order chi connectivity index (χ1) is 14.1. The Labute approximate surface area is 198 Å². The van der Waals surface area contributed by atoms with Crippen molar-refractivity contribution in [2.45, 2.75) is 26.8 Å². The second kappa shape index (κ2) is 12.5. The molecule has 1 aliphatic heterocycles. The fourth-order valence-electron chi connectivity index (χ4n) is 3.95. The van der Waals surface area contributed by atoms with E-state index in [0.29, 0.717) is 5.92 Å². The average molecular weight is 527 g/mol. The minimum absolute atomic E-state index is 0. The van der Waals surface area contributed by atoms with E-state index in [1.54, 1.807) is 0 Å². The number of fused-ring (bicyclic) bond motifs is 1. The summed E-state index contributed by atoms with van der Waals surface area (Å²) < 4.78 is 2.30. The minimum Gasteiger partial charge on any atom is -0.356 e. The van der Waals surface area contributed by atoms with Crippen molar-refractivity contribution < 1.29 is 0 Å². The number of likely N-dealkylation sites (N-methyl/N-ethyl adjacent to an activating group) is 1. The molecule has 0 radical (unpaired) electrons. The fourth-order valence-corrected chi connectivity index (χ4v) is 3.95. The second-order valence-corrected chi connectivity index (χ2v) is 8.24. The number of nitrogens with one attached hydrogen (secondary N) is 2. The van der Waals surface area contributed by atoms with E-state index in [4.69, 9.17) is 0 Å². The second-order valence-electron chi connectivity index (χ2n) is 8.24.